The van der Waals surface area contributed by atoms with Crippen molar-refractivity contribution in [1.29, 1.82) is 0 Å². The molecule has 2 unspecified atom stereocenters. The van der Waals surface area contributed by atoms with Gasteiger partial charge in [-0.05, 0) is 49.0 Å². The van der Waals surface area contributed by atoms with Crippen LogP contribution in [0.4, 0.5) is 0 Å². The van der Waals surface area contributed by atoms with E-state index in [1.54, 1.807) is 0 Å². The Kier molecular flexibility index (Phi) is 7.00. The van der Waals surface area contributed by atoms with Crippen molar-refractivity contribution in [2.75, 3.05) is 13.1 Å². The van der Waals surface area contributed by atoms with Crippen LogP contribution in [0.15, 0.2) is 0 Å². The highest BCUT2D eigenvalue weighted by atomic mass is 15.0. The third-order valence-corrected chi connectivity index (χ3v) is 5.64. The average molecular weight is 283 g/mol. The van der Waals surface area contributed by atoms with Gasteiger partial charge in [0.1, 0.15) is 0 Å². The zero-order valence-electron chi connectivity index (χ0n) is 14.7. The second-order valence-corrected chi connectivity index (χ2v) is 8.12. The molecule has 1 fully saturated rings. The summed E-state index contributed by atoms with van der Waals surface area (Å²) in [5.74, 6) is 3.85. The minimum absolute atomic E-state index is 0.204. The molecule has 0 spiro atoms. The van der Waals surface area contributed by atoms with Gasteiger partial charge in [-0.25, -0.2) is 0 Å². The van der Waals surface area contributed by atoms with E-state index in [-0.39, 0.29) is 5.54 Å². The predicted molar refractivity (Wildman–Crippen MR) is 89.8 cm³/mol. The van der Waals surface area contributed by atoms with E-state index in [0.717, 1.165) is 42.7 Å². The van der Waals surface area contributed by atoms with Gasteiger partial charge in [0.15, 0.2) is 0 Å². The largest absolute Gasteiger partial charge is 0.329 e. The second-order valence-electron chi connectivity index (χ2n) is 8.12. The van der Waals surface area contributed by atoms with Crippen molar-refractivity contribution in [1.82, 2.24) is 5.32 Å². The normalized spacial score (nSPS) is 28.1. The summed E-state index contributed by atoms with van der Waals surface area (Å²) in [5, 5.41) is 3.91. The molecule has 0 aliphatic heterocycles. The first-order chi connectivity index (χ1) is 9.31. The topological polar surface area (TPSA) is 38.0 Å². The van der Waals surface area contributed by atoms with Crippen LogP contribution in [0.2, 0.25) is 0 Å². The number of rotatable bonds is 7. The molecular formula is C18H38N2. The molecule has 1 rings (SSSR count). The Morgan fingerprint density at radius 3 is 2.15 bits per heavy atom. The maximum atomic E-state index is 6.18. The molecule has 2 atom stereocenters. The van der Waals surface area contributed by atoms with Gasteiger partial charge in [-0.3, -0.25) is 0 Å². The number of nitrogens with one attached hydrogen (secondary N) is 1. The quantitative estimate of drug-likeness (QED) is 0.739. The SMILES string of the molecule is CC(C)C1CCCC(CN)(NCC(C(C)C)C(C)C)C1. The summed E-state index contributed by atoms with van der Waals surface area (Å²) >= 11 is 0. The molecule has 2 heteroatoms. The lowest BCUT2D eigenvalue weighted by atomic mass is 9.71. The fraction of sp³-hybridized carbons (Fsp3) is 1.00. The Balaban J connectivity index is 2.65. The zero-order valence-corrected chi connectivity index (χ0v) is 14.7. The Bertz CT molecular complexity index is 265. The van der Waals surface area contributed by atoms with Crippen LogP contribution in [0.3, 0.4) is 0 Å². The van der Waals surface area contributed by atoms with Gasteiger partial charge in [-0.15, -0.1) is 0 Å². The van der Waals surface area contributed by atoms with Gasteiger partial charge in [0.25, 0.3) is 0 Å². The molecule has 3 N–H and O–H groups in total. The van der Waals surface area contributed by atoms with Gasteiger partial charge in [-0.1, -0.05) is 54.4 Å². The van der Waals surface area contributed by atoms with Gasteiger partial charge in [-0.2, -0.15) is 0 Å². The van der Waals surface area contributed by atoms with Crippen LogP contribution in [0.25, 0.3) is 0 Å². The summed E-state index contributed by atoms with van der Waals surface area (Å²) in [5.41, 5.74) is 6.38. The van der Waals surface area contributed by atoms with E-state index in [4.69, 9.17) is 5.73 Å². The van der Waals surface area contributed by atoms with Gasteiger partial charge in [0, 0.05) is 12.1 Å². The van der Waals surface area contributed by atoms with Gasteiger partial charge < -0.3 is 11.1 Å². The smallest absolute Gasteiger partial charge is 0.0306 e. The molecule has 1 aliphatic carbocycles. The minimum Gasteiger partial charge on any atom is -0.329 e. The van der Waals surface area contributed by atoms with Crippen molar-refractivity contribution in [3.63, 3.8) is 0 Å². The van der Waals surface area contributed by atoms with Crippen LogP contribution in [0, 0.1) is 29.6 Å². The highest BCUT2D eigenvalue weighted by Gasteiger charge is 2.36. The van der Waals surface area contributed by atoms with Crippen LogP contribution in [0.1, 0.15) is 67.2 Å². The lowest BCUT2D eigenvalue weighted by Crippen LogP contribution is -2.56. The van der Waals surface area contributed by atoms with E-state index in [2.05, 4.69) is 46.9 Å². The monoisotopic (exact) mass is 282 g/mol. The Labute approximate surface area is 127 Å². The molecule has 120 valence electrons. The van der Waals surface area contributed by atoms with Gasteiger partial charge in [0.2, 0.25) is 0 Å². The standard InChI is InChI=1S/C18H38N2/c1-13(2)16-8-7-9-18(10-16,12-19)20-11-17(14(3)4)15(5)6/h13-17,20H,7-12,19H2,1-6H3. The van der Waals surface area contributed by atoms with Crippen LogP contribution >= 0.6 is 0 Å². The molecule has 0 heterocycles. The molecule has 0 radical (unpaired) electrons. The van der Waals surface area contributed by atoms with E-state index in [0.29, 0.717) is 0 Å². The minimum atomic E-state index is 0.204. The molecule has 0 saturated heterocycles. The predicted octanol–water partition coefficient (Wildman–Crippen LogP) is 4.05. The summed E-state index contributed by atoms with van der Waals surface area (Å²) in [6.07, 6.45) is 5.25. The fourth-order valence-corrected chi connectivity index (χ4v) is 3.97. The lowest BCUT2D eigenvalue weighted by Gasteiger charge is -2.44. The van der Waals surface area contributed by atoms with E-state index in [9.17, 15) is 0 Å². The molecule has 0 aromatic carbocycles. The number of nitrogens with two attached hydrogens (primary N) is 1. The second kappa shape index (κ2) is 7.79. The highest BCUT2D eigenvalue weighted by Crippen LogP contribution is 2.36. The molecule has 20 heavy (non-hydrogen) atoms. The Morgan fingerprint density at radius 2 is 1.70 bits per heavy atom. The molecule has 1 aliphatic rings. The molecule has 2 nitrogen and oxygen atoms in total. The molecule has 0 amide bonds. The molecule has 1 saturated carbocycles. The van der Waals surface area contributed by atoms with Crippen molar-refractivity contribution in [3.8, 4) is 0 Å². The van der Waals surface area contributed by atoms with Crippen molar-refractivity contribution in [2.24, 2.45) is 35.3 Å². The Hall–Kier alpha value is -0.0800. The first-order valence-corrected chi connectivity index (χ1v) is 8.76. The van der Waals surface area contributed by atoms with Crippen molar-refractivity contribution < 1.29 is 0 Å². The highest BCUT2D eigenvalue weighted by molar-refractivity contribution is 4.96. The summed E-state index contributed by atoms with van der Waals surface area (Å²) in [6, 6.07) is 0. The third-order valence-electron chi connectivity index (χ3n) is 5.64. The maximum absolute atomic E-state index is 6.18. The summed E-state index contributed by atoms with van der Waals surface area (Å²) < 4.78 is 0. The van der Waals surface area contributed by atoms with Crippen molar-refractivity contribution in [2.45, 2.75) is 72.8 Å². The maximum Gasteiger partial charge on any atom is 0.0306 e. The summed E-state index contributed by atoms with van der Waals surface area (Å²) in [6.45, 7) is 16.0. The molecule has 0 aromatic heterocycles. The van der Waals surface area contributed by atoms with Crippen molar-refractivity contribution >= 4 is 0 Å². The van der Waals surface area contributed by atoms with Crippen LogP contribution in [-0.4, -0.2) is 18.6 Å². The van der Waals surface area contributed by atoms with Gasteiger partial charge >= 0.3 is 0 Å². The Morgan fingerprint density at radius 1 is 1.10 bits per heavy atom. The fourth-order valence-electron chi connectivity index (χ4n) is 3.97. The average Bonchev–Trinajstić information content (AvgIpc) is 2.38. The van der Waals surface area contributed by atoms with E-state index >= 15 is 0 Å². The third kappa shape index (κ3) is 4.73. The number of hydrogen-bond acceptors (Lipinski definition) is 2. The molecule has 0 bridgehead atoms. The van der Waals surface area contributed by atoms with E-state index < -0.39 is 0 Å². The first-order valence-electron chi connectivity index (χ1n) is 8.76. The van der Waals surface area contributed by atoms with E-state index in [1.807, 2.05) is 0 Å². The zero-order chi connectivity index (χ0) is 15.3. The number of hydrogen-bond donors (Lipinski definition) is 2. The van der Waals surface area contributed by atoms with E-state index in [1.165, 1.54) is 25.7 Å². The summed E-state index contributed by atoms with van der Waals surface area (Å²) in [7, 11) is 0. The van der Waals surface area contributed by atoms with Crippen LogP contribution in [-0.2, 0) is 0 Å². The molecular weight excluding hydrogens is 244 g/mol. The van der Waals surface area contributed by atoms with Crippen LogP contribution < -0.4 is 11.1 Å². The van der Waals surface area contributed by atoms with Gasteiger partial charge in [0.05, 0.1) is 0 Å². The summed E-state index contributed by atoms with van der Waals surface area (Å²) in [4.78, 5) is 0. The molecule has 0 aromatic rings. The first kappa shape index (κ1) is 18.0. The van der Waals surface area contributed by atoms with Crippen LogP contribution in [0.5, 0.6) is 0 Å². The lowest BCUT2D eigenvalue weighted by molar-refractivity contribution is 0.136. The van der Waals surface area contributed by atoms with Crippen molar-refractivity contribution in [3.05, 3.63) is 0 Å².